The molecule has 0 bridgehead atoms. The Hall–Kier alpha value is -3.55. The number of carbonyl (C=O) groups excluding carboxylic acids is 1. The number of rotatable bonds is 5. The zero-order valence-corrected chi connectivity index (χ0v) is 17.1. The van der Waals surface area contributed by atoms with Crippen LogP contribution in [0.2, 0.25) is 0 Å². The summed E-state index contributed by atoms with van der Waals surface area (Å²) in [5.74, 6) is 1.02. The minimum atomic E-state index is -0.294. The molecule has 0 N–H and O–H groups in total. The van der Waals surface area contributed by atoms with Crippen LogP contribution in [0.3, 0.4) is 0 Å². The Morgan fingerprint density at radius 1 is 1.23 bits per heavy atom. The second-order valence-electron chi connectivity index (χ2n) is 7.18. The predicted octanol–water partition coefficient (Wildman–Crippen LogP) is 2.45. The number of hydrogen-bond acceptors (Lipinski definition) is 6. The van der Waals surface area contributed by atoms with Crippen molar-refractivity contribution in [3.63, 3.8) is 0 Å². The highest BCUT2D eigenvalue weighted by atomic mass is 16.5. The van der Waals surface area contributed by atoms with E-state index in [4.69, 9.17) is 9.15 Å². The monoisotopic (exact) mass is 408 g/mol. The molecule has 0 atom stereocenters. The minimum Gasteiger partial charge on any atom is -0.497 e. The Morgan fingerprint density at radius 2 is 1.93 bits per heavy atom. The fraction of sp³-hybridized carbons (Fsp3) is 0.318. The lowest BCUT2D eigenvalue weighted by Gasteiger charge is -2.36. The van der Waals surface area contributed by atoms with Crippen LogP contribution in [-0.4, -0.2) is 53.6 Å². The summed E-state index contributed by atoms with van der Waals surface area (Å²) >= 11 is 0. The Balaban J connectivity index is 1.56. The third kappa shape index (κ3) is 3.45. The van der Waals surface area contributed by atoms with Crippen molar-refractivity contribution in [2.45, 2.75) is 13.5 Å². The number of nitrogens with zero attached hydrogens (tertiary/aromatic N) is 4. The standard InChI is InChI=1S/C22H24N4O4/c1-4-9-26-14-23-20-19(22(26)28)18(15(2)30-20)21(27)25-12-10-24(11-13-25)16-5-7-17(29-3)8-6-16/h4-8,14H,1,9-13H2,2-3H3. The first-order chi connectivity index (χ1) is 14.5. The molecule has 2 aromatic heterocycles. The normalized spacial score (nSPS) is 14.2. The fourth-order valence-electron chi connectivity index (χ4n) is 3.78. The summed E-state index contributed by atoms with van der Waals surface area (Å²) in [5.41, 5.74) is 1.29. The van der Waals surface area contributed by atoms with Crippen LogP contribution < -0.4 is 15.2 Å². The van der Waals surface area contributed by atoms with Crippen molar-refractivity contribution in [2.75, 3.05) is 38.2 Å². The highest BCUT2D eigenvalue weighted by Crippen LogP contribution is 2.25. The maximum Gasteiger partial charge on any atom is 0.265 e. The van der Waals surface area contributed by atoms with Crippen molar-refractivity contribution < 1.29 is 13.9 Å². The van der Waals surface area contributed by atoms with Crippen molar-refractivity contribution in [3.8, 4) is 5.75 Å². The molecule has 0 spiro atoms. The quantitative estimate of drug-likeness (QED) is 0.604. The van der Waals surface area contributed by atoms with Crippen molar-refractivity contribution in [1.29, 1.82) is 0 Å². The highest BCUT2D eigenvalue weighted by Gasteiger charge is 2.29. The average Bonchev–Trinajstić information content (AvgIpc) is 3.12. The minimum absolute atomic E-state index is 0.193. The van der Waals surface area contributed by atoms with Gasteiger partial charge in [0.2, 0.25) is 5.71 Å². The number of allylic oxidation sites excluding steroid dienone is 1. The molecule has 0 unspecified atom stereocenters. The van der Waals surface area contributed by atoms with Gasteiger partial charge in [0.1, 0.15) is 23.2 Å². The van der Waals surface area contributed by atoms with Crippen LogP contribution in [0.15, 0.2) is 52.5 Å². The molecular formula is C22H24N4O4. The number of aryl methyl sites for hydroxylation is 1. The van der Waals surface area contributed by atoms with Gasteiger partial charge in [-0.2, -0.15) is 0 Å². The molecule has 1 aliphatic rings. The molecule has 1 fully saturated rings. The van der Waals surface area contributed by atoms with E-state index in [0.717, 1.165) is 11.4 Å². The van der Waals surface area contributed by atoms with Crippen LogP contribution in [0, 0.1) is 6.92 Å². The van der Waals surface area contributed by atoms with Gasteiger partial charge in [-0.25, -0.2) is 4.98 Å². The highest BCUT2D eigenvalue weighted by molar-refractivity contribution is 6.06. The van der Waals surface area contributed by atoms with Gasteiger partial charge < -0.3 is 19.0 Å². The van der Waals surface area contributed by atoms with Gasteiger partial charge in [0.05, 0.1) is 12.7 Å². The topological polar surface area (TPSA) is 80.8 Å². The van der Waals surface area contributed by atoms with E-state index in [1.807, 2.05) is 24.3 Å². The number of aromatic nitrogens is 2. The number of benzene rings is 1. The molecule has 0 aliphatic carbocycles. The van der Waals surface area contributed by atoms with Crippen molar-refractivity contribution >= 4 is 22.7 Å². The number of anilines is 1. The van der Waals surface area contributed by atoms with Crippen molar-refractivity contribution in [2.24, 2.45) is 0 Å². The summed E-state index contributed by atoms with van der Waals surface area (Å²) in [6, 6.07) is 7.87. The van der Waals surface area contributed by atoms with Gasteiger partial charge in [-0.05, 0) is 31.2 Å². The number of furan rings is 1. The number of carbonyl (C=O) groups is 1. The molecular weight excluding hydrogens is 384 g/mol. The molecule has 1 saturated heterocycles. The van der Waals surface area contributed by atoms with Gasteiger partial charge in [0, 0.05) is 38.4 Å². The van der Waals surface area contributed by atoms with E-state index < -0.39 is 0 Å². The van der Waals surface area contributed by atoms with E-state index >= 15 is 0 Å². The summed E-state index contributed by atoms with van der Waals surface area (Å²) in [4.78, 5) is 34.3. The van der Waals surface area contributed by atoms with Gasteiger partial charge in [0.25, 0.3) is 11.5 Å². The lowest BCUT2D eigenvalue weighted by Crippen LogP contribution is -2.49. The first-order valence-electron chi connectivity index (χ1n) is 9.81. The number of hydrogen-bond donors (Lipinski definition) is 0. The Labute approximate surface area is 174 Å². The third-order valence-electron chi connectivity index (χ3n) is 5.40. The smallest absolute Gasteiger partial charge is 0.265 e. The second kappa shape index (κ2) is 8.06. The molecule has 3 aromatic rings. The lowest BCUT2D eigenvalue weighted by molar-refractivity contribution is 0.0746. The molecule has 1 amide bonds. The maximum absolute atomic E-state index is 13.3. The number of methoxy groups -OCH3 is 1. The summed E-state index contributed by atoms with van der Waals surface area (Å²) in [6.45, 7) is 8.18. The number of fused-ring (bicyclic) bond motifs is 1. The average molecular weight is 408 g/mol. The van der Waals surface area contributed by atoms with Gasteiger partial charge in [0.15, 0.2) is 0 Å². The molecule has 1 aliphatic heterocycles. The zero-order chi connectivity index (χ0) is 21.3. The summed E-state index contributed by atoms with van der Waals surface area (Å²) in [7, 11) is 1.64. The molecule has 8 heteroatoms. The number of ether oxygens (including phenoxy) is 1. The molecule has 4 rings (SSSR count). The largest absolute Gasteiger partial charge is 0.497 e. The van der Waals surface area contributed by atoms with Crippen molar-refractivity contribution in [1.82, 2.24) is 14.5 Å². The molecule has 0 radical (unpaired) electrons. The molecule has 156 valence electrons. The summed E-state index contributed by atoms with van der Waals surface area (Å²) in [5, 5.41) is 0.236. The first-order valence-corrected chi connectivity index (χ1v) is 9.81. The number of amides is 1. The van der Waals surface area contributed by atoms with Crippen LogP contribution >= 0.6 is 0 Å². The SMILES string of the molecule is C=CCn1cnc2oc(C)c(C(=O)N3CCN(c4ccc(OC)cc4)CC3)c2c1=O. The van der Waals surface area contributed by atoms with Crippen LogP contribution in [0.5, 0.6) is 5.75 Å². The number of piperazine rings is 1. The predicted molar refractivity (Wildman–Crippen MR) is 114 cm³/mol. The summed E-state index contributed by atoms with van der Waals surface area (Å²) in [6.07, 6.45) is 3.03. The van der Waals surface area contributed by atoms with Gasteiger partial charge >= 0.3 is 0 Å². The van der Waals surface area contributed by atoms with E-state index in [0.29, 0.717) is 44.0 Å². The van der Waals surface area contributed by atoms with Gasteiger partial charge in [-0.1, -0.05) is 6.08 Å². The Morgan fingerprint density at radius 3 is 2.57 bits per heavy atom. The molecule has 8 nitrogen and oxygen atoms in total. The van der Waals surface area contributed by atoms with E-state index in [1.165, 1.54) is 10.9 Å². The van der Waals surface area contributed by atoms with E-state index in [9.17, 15) is 9.59 Å². The van der Waals surface area contributed by atoms with Crippen LogP contribution in [0.1, 0.15) is 16.1 Å². The molecule has 3 heterocycles. The van der Waals surface area contributed by atoms with Gasteiger partial charge in [-0.15, -0.1) is 6.58 Å². The van der Waals surface area contributed by atoms with E-state index in [2.05, 4.69) is 16.5 Å². The maximum atomic E-state index is 13.3. The first kappa shape index (κ1) is 19.8. The Bertz CT molecular complexity index is 1140. The Kier molecular flexibility index (Phi) is 5.31. The zero-order valence-electron chi connectivity index (χ0n) is 17.1. The summed E-state index contributed by atoms with van der Waals surface area (Å²) < 4.78 is 12.2. The molecule has 1 aromatic carbocycles. The molecule has 30 heavy (non-hydrogen) atoms. The van der Waals surface area contributed by atoms with E-state index in [-0.39, 0.29) is 22.6 Å². The van der Waals surface area contributed by atoms with Gasteiger partial charge in [-0.3, -0.25) is 14.2 Å². The second-order valence-corrected chi connectivity index (χ2v) is 7.18. The molecule has 0 saturated carbocycles. The fourth-order valence-corrected chi connectivity index (χ4v) is 3.78. The third-order valence-corrected chi connectivity index (χ3v) is 5.40. The van der Waals surface area contributed by atoms with Crippen molar-refractivity contribution in [3.05, 3.63) is 64.9 Å². The van der Waals surface area contributed by atoms with E-state index in [1.54, 1.807) is 25.0 Å². The lowest BCUT2D eigenvalue weighted by atomic mass is 10.1. The van der Waals surface area contributed by atoms with Crippen LogP contribution in [0.25, 0.3) is 11.1 Å². The van der Waals surface area contributed by atoms with Crippen LogP contribution in [-0.2, 0) is 6.54 Å². The van der Waals surface area contributed by atoms with Crippen LogP contribution in [0.4, 0.5) is 5.69 Å².